The van der Waals surface area contributed by atoms with Crippen molar-refractivity contribution in [3.05, 3.63) is 71.5 Å². The van der Waals surface area contributed by atoms with Crippen LogP contribution in [0.4, 0.5) is 9.18 Å². The van der Waals surface area contributed by atoms with Crippen LogP contribution in [-0.4, -0.2) is 81.7 Å². The highest BCUT2D eigenvalue weighted by atomic mass is 32.2. The Morgan fingerprint density at radius 2 is 1.73 bits per heavy atom. The molecule has 1 amide bonds. The molecule has 226 valence electrons. The van der Waals surface area contributed by atoms with Gasteiger partial charge in [0.05, 0.1) is 25.6 Å². The molecule has 2 aromatic rings. The number of benzene rings is 2. The Hall–Kier alpha value is -3.06. The average molecular weight is 594 g/mol. The van der Waals surface area contributed by atoms with Crippen LogP contribution < -0.4 is 0 Å². The van der Waals surface area contributed by atoms with Crippen molar-refractivity contribution in [3.8, 4) is 0 Å². The minimum Gasteiger partial charge on any atom is -0.443 e. The summed E-state index contributed by atoms with van der Waals surface area (Å²) in [6, 6.07) is 15.6. The molecule has 0 N–H and O–H groups in total. The molecule has 0 radical (unpaired) electrons. The van der Waals surface area contributed by atoms with E-state index in [9.17, 15) is 13.2 Å². The van der Waals surface area contributed by atoms with Crippen LogP contribution in [0.2, 0.25) is 0 Å². The molecule has 1 aliphatic heterocycles. The summed E-state index contributed by atoms with van der Waals surface area (Å²) in [6.45, 7) is 5.79. The van der Waals surface area contributed by atoms with E-state index in [2.05, 4.69) is 0 Å². The molecule has 0 fully saturated rings. The highest BCUT2D eigenvalue weighted by Gasteiger charge is 2.47. The topological polar surface area (TPSA) is 107 Å². The van der Waals surface area contributed by atoms with E-state index < -0.39 is 38.8 Å². The summed E-state index contributed by atoms with van der Waals surface area (Å²) >= 11 is 0. The molecule has 41 heavy (non-hydrogen) atoms. The van der Waals surface area contributed by atoms with E-state index in [1.807, 2.05) is 30.3 Å². The molecule has 0 spiro atoms. The maximum Gasteiger partial charge on any atom is 0.419 e. The van der Waals surface area contributed by atoms with Gasteiger partial charge < -0.3 is 18.9 Å². The minimum atomic E-state index is -4.06. The van der Waals surface area contributed by atoms with E-state index in [0.29, 0.717) is 19.6 Å². The molecule has 1 atom stereocenters. The summed E-state index contributed by atoms with van der Waals surface area (Å²) in [6.07, 6.45) is -0.328. The van der Waals surface area contributed by atoms with E-state index in [0.717, 1.165) is 14.8 Å². The molecule has 0 aromatic heterocycles. The molecular formula is C29H40FN3O7S. The Morgan fingerprint density at radius 1 is 1.05 bits per heavy atom. The monoisotopic (exact) mass is 593 g/mol. The number of carbonyl (C=O) groups is 1. The van der Waals surface area contributed by atoms with Gasteiger partial charge in [0.25, 0.3) is 0 Å². The number of carbonyl (C=O) groups excluding carboxylic acids is 1. The number of hydrogen-bond donors (Lipinski definition) is 0. The summed E-state index contributed by atoms with van der Waals surface area (Å²) in [4.78, 5) is 19.1. The zero-order valence-electron chi connectivity index (χ0n) is 24.3. The predicted molar refractivity (Wildman–Crippen MR) is 153 cm³/mol. The van der Waals surface area contributed by atoms with Crippen molar-refractivity contribution in [2.45, 2.75) is 51.4 Å². The highest BCUT2D eigenvalue weighted by Crippen LogP contribution is 2.39. The second-order valence-electron chi connectivity index (χ2n) is 10.7. The maximum atomic E-state index is 15.3. The van der Waals surface area contributed by atoms with Crippen molar-refractivity contribution < 1.29 is 36.6 Å². The number of methoxy groups -OCH3 is 1. The van der Waals surface area contributed by atoms with E-state index in [-0.39, 0.29) is 37.9 Å². The van der Waals surface area contributed by atoms with Crippen LogP contribution in [0.25, 0.3) is 0 Å². The van der Waals surface area contributed by atoms with Crippen molar-refractivity contribution in [3.63, 3.8) is 0 Å². The maximum absolute atomic E-state index is 15.3. The second kappa shape index (κ2) is 14.2. The normalized spacial score (nSPS) is 18.6. The van der Waals surface area contributed by atoms with Crippen molar-refractivity contribution in [2.24, 2.45) is 4.99 Å². The Morgan fingerprint density at radius 3 is 2.39 bits per heavy atom. The number of amides is 1. The zero-order valence-corrected chi connectivity index (χ0v) is 25.2. The second-order valence-corrected chi connectivity index (χ2v) is 12.7. The zero-order chi connectivity index (χ0) is 30.1. The van der Waals surface area contributed by atoms with Crippen LogP contribution in [0.3, 0.4) is 0 Å². The number of rotatable bonds is 12. The number of nitrogens with zero attached hydrogens (tertiary/aromatic N) is 3. The van der Waals surface area contributed by atoms with E-state index in [1.165, 1.54) is 32.4 Å². The molecule has 12 heteroatoms. The van der Waals surface area contributed by atoms with Crippen LogP contribution in [0.5, 0.6) is 0 Å². The lowest BCUT2D eigenvalue weighted by atomic mass is 9.87. The van der Waals surface area contributed by atoms with E-state index in [4.69, 9.17) is 23.9 Å². The van der Waals surface area contributed by atoms with Gasteiger partial charge in [0, 0.05) is 26.3 Å². The van der Waals surface area contributed by atoms with Crippen LogP contribution in [0, 0.1) is 5.82 Å². The molecule has 0 bridgehead atoms. The van der Waals surface area contributed by atoms with E-state index in [1.54, 1.807) is 26.8 Å². The molecule has 2 aromatic carbocycles. The van der Waals surface area contributed by atoms with Gasteiger partial charge in [-0.2, -0.15) is 0 Å². The van der Waals surface area contributed by atoms with Crippen LogP contribution in [-0.2, 0) is 41.1 Å². The van der Waals surface area contributed by atoms with Gasteiger partial charge in [-0.05, 0) is 45.2 Å². The Bertz CT molecular complexity index is 1280. The first-order chi connectivity index (χ1) is 19.4. The first-order valence-electron chi connectivity index (χ1n) is 13.4. The fourth-order valence-corrected chi connectivity index (χ4v) is 5.87. The Labute approximate surface area is 242 Å². The molecule has 0 aliphatic carbocycles. The number of aliphatic imine (C=N–C) groups is 1. The standard InChI is InChI=1S/C29H40FN3O7S/c1-28(2,3)40-27(34)33(22-39-19-18-37-5)26-31-29(21-41(35,36)32(26)4,24-14-9-10-15-25(24)30)16-11-17-38-20-23-12-7-6-8-13-23/h6-10,12-15H,11,16-22H2,1-5H3. The summed E-state index contributed by atoms with van der Waals surface area (Å²) < 4.78 is 65.4. The van der Waals surface area contributed by atoms with Gasteiger partial charge in [0.2, 0.25) is 16.0 Å². The lowest BCUT2D eigenvalue weighted by Gasteiger charge is -2.41. The largest absolute Gasteiger partial charge is 0.443 e. The van der Waals surface area contributed by atoms with Gasteiger partial charge in [-0.25, -0.2) is 31.8 Å². The SMILES string of the molecule is COCCOCN(C(=O)OC(C)(C)C)C1=NC(CCCOCc2ccccc2)(c2ccccc2F)CS(=O)(=O)N1C. The lowest BCUT2D eigenvalue weighted by Crippen LogP contribution is -2.57. The van der Waals surface area contributed by atoms with E-state index >= 15 is 4.39 Å². The summed E-state index contributed by atoms with van der Waals surface area (Å²) in [5.41, 5.74) is -1.30. The molecule has 0 saturated heterocycles. The fourth-order valence-electron chi connectivity index (χ4n) is 4.32. The highest BCUT2D eigenvalue weighted by molar-refractivity contribution is 7.89. The van der Waals surface area contributed by atoms with Crippen LogP contribution in [0.15, 0.2) is 59.6 Å². The summed E-state index contributed by atoms with van der Waals surface area (Å²) in [5.74, 6) is -1.32. The number of halogens is 1. The van der Waals surface area contributed by atoms with Gasteiger partial charge in [0.15, 0.2) is 0 Å². The molecule has 1 aliphatic rings. The molecule has 3 rings (SSSR count). The summed E-state index contributed by atoms with van der Waals surface area (Å²) in [5, 5.41) is 0. The lowest BCUT2D eigenvalue weighted by molar-refractivity contribution is -0.00421. The molecule has 1 heterocycles. The number of ether oxygens (including phenoxy) is 4. The minimum absolute atomic E-state index is 0.113. The third-order valence-corrected chi connectivity index (χ3v) is 8.15. The smallest absolute Gasteiger partial charge is 0.419 e. The van der Waals surface area contributed by atoms with Crippen molar-refractivity contribution in [2.75, 3.05) is 46.5 Å². The first-order valence-corrected chi connectivity index (χ1v) is 15.0. The Balaban J connectivity index is 2.00. The summed E-state index contributed by atoms with van der Waals surface area (Å²) in [7, 11) is -1.25. The van der Waals surface area contributed by atoms with Crippen molar-refractivity contribution in [1.29, 1.82) is 0 Å². The number of sulfonamides is 1. The average Bonchev–Trinajstić information content (AvgIpc) is 2.90. The quantitative estimate of drug-likeness (QED) is 0.263. The first kappa shape index (κ1) is 32.5. The fraction of sp³-hybridized carbons (Fsp3) is 0.517. The van der Waals surface area contributed by atoms with Crippen LogP contribution in [0.1, 0.15) is 44.7 Å². The van der Waals surface area contributed by atoms with Gasteiger partial charge in [-0.1, -0.05) is 48.5 Å². The molecular weight excluding hydrogens is 553 g/mol. The van der Waals surface area contributed by atoms with Gasteiger partial charge in [0.1, 0.15) is 23.7 Å². The molecule has 10 nitrogen and oxygen atoms in total. The predicted octanol–water partition coefficient (Wildman–Crippen LogP) is 4.51. The molecule has 0 saturated carbocycles. The molecule has 1 unspecified atom stereocenters. The van der Waals surface area contributed by atoms with Crippen LogP contribution >= 0.6 is 0 Å². The van der Waals surface area contributed by atoms with Crippen molar-refractivity contribution in [1.82, 2.24) is 9.21 Å². The third-order valence-electron chi connectivity index (χ3n) is 6.31. The number of hydrogen-bond acceptors (Lipinski definition) is 8. The van der Waals surface area contributed by atoms with Gasteiger partial charge in [-0.15, -0.1) is 0 Å². The van der Waals surface area contributed by atoms with Gasteiger partial charge in [-0.3, -0.25) is 0 Å². The third kappa shape index (κ3) is 8.96. The Kier molecular flexibility index (Phi) is 11.3. The number of guanidine groups is 1. The van der Waals surface area contributed by atoms with Crippen molar-refractivity contribution >= 4 is 22.1 Å². The van der Waals surface area contributed by atoms with Gasteiger partial charge >= 0.3 is 6.09 Å².